The summed E-state index contributed by atoms with van der Waals surface area (Å²) in [5, 5.41) is -1.18. The van der Waals surface area contributed by atoms with Crippen molar-refractivity contribution in [3.05, 3.63) is 54.1 Å². The summed E-state index contributed by atoms with van der Waals surface area (Å²) >= 11 is 7.03. The second-order valence-corrected chi connectivity index (χ2v) is 9.04. The highest BCUT2D eigenvalue weighted by Crippen LogP contribution is 2.55. The van der Waals surface area contributed by atoms with Gasteiger partial charge in [-0.05, 0) is 29.8 Å². The lowest BCUT2D eigenvalue weighted by atomic mass is 10.1. The van der Waals surface area contributed by atoms with Crippen molar-refractivity contribution in [2.24, 2.45) is 0 Å². The summed E-state index contributed by atoms with van der Waals surface area (Å²) in [6.07, 6.45) is 0. The molecule has 0 spiro atoms. The molecule has 2 aromatic rings. The molecule has 26 heavy (non-hydrogen) atoms. The molecule has 3 heterocycles. The van der Waals surface area contributed by atoms with Crippen LogP contribution in [0.4, 0.5) is 5.69 Å². The van der Waals surface area contributed by atoms with Gasteiger partial charge in [-0.15, -0.1) is 4.31 Å². The molecule has 2 atom stereocenters. The standard InChI is InChI=1S/C18H18ClN3O3S/c1-25-14-8-6-13(7-9-14)16-12-20-10-11-21-18(20,19)22(16)15-4-2-3-5-17(15)26(21,23)24/h2-9,16H,10-12H2,1H3. The zero-order chi connectivity index (χ0) is 18.1. The number of benzene rings is 2. The number of fused-ring (bicyclic) bond motifs is 2. The molecule has 2 saturated heterocycles. The number of para-hydroxylation sites is 1. The molecular formula is C18H18ClN3O3S. The Bertz CT molecular complexity index is 981. The Morgan fingerprint density at radius 1 is 1.12 bits per heavy atom. The Hall–Kier alpha value is -1.80. The Morgan fingerprint density at radius 2 is 1.85 bits per heavy atom. The smallest absolute Gasteiger partial charge is 0.249 e. The topological polar surface area (TPSA) is 53.1 Å². The van der Waals surface area contributed by atoms with Crippen LogP contribution in [-0.4, -0.2) is 49.6 Å². The van der Waals surface area contributed by atoms with E-state index in [4.69, 9.17) is 16.3 Å². The van der Waals surface area contributed by atoms with Crippen LogP contribution in [0.3, 0.4) is 0 Å². The second-order valence-electron chi connectivity index (χ2n) is 6.70. The van der Waals surface area contributed by atoms with Gasteiger partial charge in [-0.25, -0.2) is 8.42 Å². The van der Waals surface area contributed by atoms with Crippen molar-refractivity contribution in [3.8, 4) is 5.75 Å². The van der Waals surface area contributed by atoms with Gasteiger partial charge in [0.05, 0.1) is 18.8 Å². The quantitative estimate of drug-likeness (QED) is 0.581. The predicted octanol–water partition coefficient (Wildman–Crippen LogP) is 2.43. The number of alkyl halides is 1. The van der Waals surface area contributed by atoms with Gasteiger partial charge in [0.25, 0.3) is 0 Å². The number of halogens is 1. The number of hydrogen-bond donors (Lipinski definition) is 0. The molecule has 2 unspecified atom stereocenters. The zero-order valence-corrected chi connectivity index (χ0v) is 15.7. The van der Waals surface area contributed by atoms with Crippen LogP contribution in [0.2, 0.25) is 0 Å². The van der Waals surface area contributed by atoms with Gasteiger partial charge in [0.1, 0.15) is 10.6 Å². The molecule has 3 aliphatic heterocycles. The number of rotatable bonds is 2. The van der Waals surface area contributed by atoms with Gasteiger partial charge in [-0.3, -0.25) is 4.90 Å². The number of ether oxygens (including phenoxy) is 1. The summed E-state index contributed by atoms with van der Waals surface area (Å²) in [5.74, 6) is 0.788. The van der Waals surface area contributed by atoms with Crippen LogP contribution in [0, 0.1) is 0 Å². The minimum Gasteiger partial charge on any atom is -0.497 e. The third-order valence-corrected chi connectivity index (χ3v) is 8.14. The Morgan fingerprint density at radius 3 is 2.58 bits per heavy atom. The van der Waals surface area contributed by atoms with Crippen LogP contribution in [0.5, 0.6) is 5.75 Å². The molecule has 0 saturated carbocycles. The van der Waals surface area contributed by atoms with Crippen LogP contribution in [-0.2, 0) is 10.0 Å². The molecule has 136 valence electrons. The number of sulfonamides is 1. The Kier molecular flexibility index (Phi) is 3.37. The van der Waals surface area contributed by atoms with Crippen molar-refractivity contribution in [2.75, 3.05) is 31.6 Å². The average molecular weight is 392 g/mol. The fraction of sp³-hybridized carbons (Fsp3) is 0.333. The lowest BCUT2D eigenvalue weighted by Crippen LogP contribution is -2.60. The van der Waals surface area contributed by atoms with Crippen LogP contribution in [0.1, 0.15) is 11.6 Å². The number of hydrogen-bond acceptors (Lipinski definition) is 5. The molecule has 8 heteroatoms. The van der Waals surface area contributed by atoms with Gasteiger partial charge < -0.3 is 9.64 Å². The molecule has 0 radical (unpaired) electrons. The van der Waals surface area contributed by atoms with E-state index in [-0.39, 0.29) is 6.04 Å². The summed E-state index contributed by atoms with van der Waals surface area (Å²) in [4.78, 5) is 4.40. The van der Waals surface area contributed by atoms with E-state index in [9.17, 15) is 8.42 Å². The maximum absolute atomic E-state index is 13.1. The molecule has 0 N–H and O–H groups in total. The van der Waals surface area contributed by atoms with Gasteiger partial charge in [-0.2, -0.15) is 0 Å². The first-order chi connectivity index (χ1) is 12.5. The monoisotopic (exact) mass is 391 g/mol. The van der Waals surface area contributed by atoms with E-state index < -0.39 is 15.3 Å². The van der Waals surface area contributed by atoms with Crippen LogP contribution < -0.4 is 9.64 Å². The maximum Gasteiger partial charge on any atom is 0.249 e. The molecule has 3 aliphatic rings. The third kappa shape index (κ3) is 1.91. The summed E-state index contributed by atoms with van der Waals surface area (Å²) in [6.45, 7) is 1.67. The first-order valence-corrected chi connectivity index (χ1v) is 10.3. The summed E-state index contributed by atoms with van der Waals surface area (Å²) < 4.78 is 32.9. The molecule has 0 aliphatic carbocycles. The third-order valence-electron chi connectivity index (χ3n) is 5.50. The first kappa shape index (κ1) is 16.4. The Balaban J connectivity index is 1.71. The predicted molar refractivity (Wildman–Crippen MR) is 98.7 cm³/mol. The second kappa shape index (κ2) is 5.36. The van der Waals surface area contributed by atoms with Crippen molar-refractivity contribution in [1.29, 1.82) is 0 Å². The van der Waals surface area contributed by atoms with E-state index in [1.54, 1.807) is 19.2 Å². The minimum atomic E-state index is -3.62. The molecule has 2 aromatic carbocycles. The highest BCUT2D eigenvalue weighted by atomic mass is 35.5. The van der Waals surface area contributed by atoms with E-state index in [2.05, 4.69) is 0 Å². The minimum absolute atomic E-state index is 0.0437. The zero-order valence-electron chi connectivity index (χ0n) is 14.2. The normalized spacial score (nSPS) is 29.5. The van der Waals surface area contributed by atoms with Crippen molar-refractivity contribution in [1.82, 2.24) is 9.21 Å². The van der Waals surface area contributed by atoms with Gasteiger partial charge in [0.15, 0.2) is 0 Å². The van der Waals surface area contributed by atoms with Gasteiger partial charge in [0, 0.05) is 19.6 Å². The van der Waals surface area contributed by atoms with Crippen molar-refractivity contribution in [3.63, 3.8) is 0 Å². The molecule has 5 rings (SSSR count). The molecular weight excluding hydrogens is 374 g/mol. The van der Waals surface area contributed by atoms with Crippen LogP contribution >= 0.6 is 11.6 Å². The van der Waals surface area contributed by atoms with E-state index in [1.165, 1.54) is 4.31 Å². The van der Waals surface area contributed by atoms with Crippen molar-refractivity contribution < 1.29 is 13.2 Å². The summed E-state index contributed by atoms with van der Waals surface area (Å²) in [7, 11) is -1.99. The maximum atomic E-state index is 13.1. The fourth-order valence-corrected chi connectivity index (χ4v) is 6.76. The first-order valence-electron chi connectivity index (χ1n) is 8.47. The lowest BCUT2D eigenvalue weighted by molar-refractivity contribution is 0.201. The van der Waals surface area contributed by atoms with E-state index in [1.807, 2.05) is 46.2 Å². The molecule has 0 aromatic heterocycles. The SMILES string of the molecule is COc1ccc(C2CN3CCN4C3(Cl)N2c2ccccc2S4(=O)=O)cc1. The van der Waals surface area contributed by atoms with Crippen LogP contribution in [0.15, 0.2) is 53.4 Å². The average Bonchev–Trinajstić information content (AvgIpc) is 3.13. The van der Waals surface area contributed by atoms with Crippen molar-refractivity contribution >= 4 is 27.3 Å². The summed E-state index contributed by atoms with van der Waals surface area (Å²) in [6, 6.07) is 14.9. The Labute approximate surface area is 157 Å². The van der Waals surface area contributed by atoms with E-state index in [0.717, 1.165) is 11.3 Å². The van der Waals surface area contributed by atoms with Gasteiger partial charge in [0.2, 0.25) is 15.3 Å². The largest absolute Gasteiger partial charge is 0.497 e. The number of nitrogens with zero attached hydrogens (tertiary/aromatic N) is 3. The highest BCUT2D eigenvalue weighted by Gasteiger charge is 2.65. The molecule has 0 amide bonds. The molecule has 2 fully saturated rings. The van der Waals surface area contributed by atoms with Crippen LogP contribution in [0.25, 0.3) is 0 Å². The number of methoxy groups -OCH3 is 1. The number of anilines is 1. The van der Waals surface area contributed by atoms with Gasteiger partial charge in [-0.1, -0.05) is 35.9 Å². The fourth-order valence-electron chi connectivity index (χ4n) is 4.29. The van der Waals surface area contributed by atoms with Crippen molar-refractivity contribution in [2.45, 2.75) is 16.2 Å². The van der Waals surface area contributed by atoms with E-state index in [0.29, 0.717) is 30.2 Å². The summed E-state index contributed by atoms with van der Waals surface area (Å²) in [5.41, 5.74) is 1.73. The highest BCUT2D eigenvalue weighted by molar-refractivity contribution is 7.89. The lowest BCUT2D eigenvalue weighted by Gasteiger charge is -2.46. The van der Waals surface area contributed by atoms with Gasteiger partial charge >= 0.3 is 0 Å². The van der Waals surface area contributed by atoms with E-state index >= 15 is 0 Å². The molecule has 0 bridgehead atoms. The molecule has 6 nitrogen and oxygen atoms in total.